The van der Waals surface area contributed by atoms with Gasteiger partial charge in [-0.3, -0.25) is 4.57 Å². The summed E-state index contributed by atoms with van der Waals surface area (Å²) in [5, 5.41) is 15.9. The highest BCUT2D eigenvalue weighted by Gasteiger charge is 2.15. The highest BCUT2D eigenvalue weighted by Crippen LogP contribution is 2.17. The van der Waals surface area contributed by atoms with E-state index < -0.39 is 11.8 Å². The van der Waals surface area contributed by atoms with Crippen LogP contribution in [-0.4, -0.2) is 25.8 Å². The molecule has 0 radical (unpaired) electrons. The van der Waals surface area contributed by atoms with Gasteiger partial charge in [-0.1, -0.05) is 6.07 Å². The van der Waals surface area contributed by atoms with E-state index in [1.165, 1.54) is 35.4 Å². The van der Waals surface area contributed by atoms with Crippen molar-refractivity contribution in [2.75, 3.05) is 0 Å². The third-order valence-electron chi connectivity index (χ3n) is 1.89. The van der Waals surface area contributed by atoms with Gasteiger partial charge in [0.15, 0.2) is 0 Å². The second-order valence-corrected chi connectivity index (χ2v) is 2.81. The van der Waals surface area contributed by atoms with Crippen LogP contribution in [0.2, 0.25) is 0 Å². The number of carboxylic acids is 1. The maximum absolute atomic E-state index is 13.4. The van der Waals surface area contributed by atoms with Crippen molar-refractivity contribution < 1.29 is 14.3 Å². The Morgan fingerprint density at radius 2 is 2.00 bits per heavy atom. The van der Waals surface area contributed by atoms with Crippen molar-refractivity contribution in [2.24, 2.45) is 0 Å². The van der Waals surface area contributed by atoms with Gasteiger partial charge in [0, 0.05) is 0 Å². The van der Waals surface area contributed by atoms with E-state index in [0.717, 1.165) is 0 Å². The van der Waals surface area contributed by atoms with Gasteiger partial charge in [0.05, 0.1) is 11.3 Å². The lowest BCUT2D eigenvalue weighted by atomic mass is 10.1. The van der Waals surface area contributed by atoms with Crippen LogP contribution in [0.25, 0.3) is 5.69 Å². The van der Waals surface area contributed by atoms with Crippen LogP contribution >= 0.6 is 0 Å². The van der Waals surface area contributed by atoms with E-state index in [0.29, 0.717) is 0 Å². The van der Waals surface area contributed by atoms with Crippen LogP contribution in [0.4, 0.5) is 4.39 Å². The fourth-order valence-electron chi connectivity index (χ4n) is 1.27. The maximum Gasteiger partial charge on any atom is 0.337 e. The zero-order valence-electron chi connectivity index (χ0n) is 7.46. The molecule has 6 heteroatoms. The van der Waals surface area contributed by atoms with Crippen LogP contribution in [0.3, 0.4) is 0 Å². The van der Waals surface area contributed by atoms with Crippen LogP contribution in [0.1, 0.15) is 10.4 Å². The van der Waals surface area contributed by atoms with Crippen LogP contribution in [0.15, 0.2) is 30.9 Å². The third-order valence-corrected chi connectivity index (χ3v) is 1.89. The number of hydrogen-bond donors (Lipinski definition) is 1. The van der Waals surface area contributed by atoms with Crippen LogP contribution < -0.4 is 0 Å². The SMILES string of the molecule is O=C(O)c1cccc(F)c1-n1cnnc1. The Hall–Kier alpha value is -2.24. The summed E-state index contributed by atoms with van der Waals surface area (Å²) in [6.07, 6.45) is 2.48. The lowest BCUT2D eigenvalue weighted by molar-refractivity contribution is 0.0696. The summed E-state index contributed by atoms with van der Waals surface area (Å²) >= 11 is 0. The largest absolute Gasteiger partial charge is 0.478 e. The molecule has 1 N–H and O–H groups in total. The zero-order valence-corrected chi connectivity index (χ0v) is 7.46. The molecule has 0 amide bonds. The third kappa shape index (κ3) is 1.56. The molecule has 15 heavy (non-hydrogen) atoms. The summed E-state index contributed by atoms with van der Waals surface area (Å²) in [4.78, 5) is 10.8. The summed E-state index contributed by atoms with van der Waals surface area (Å²) in [5.74, 6) is -1.83. The van der Waals surface area contributed by atoms with Crippen LogP contribution in [0, 0.1) is 5.82 Å². The molecule has 0 unspecified atom stereocenters. The maximum atomic E-state index is 13.4. The van der Waals surface area contributed by atoms with Gasteiger partial charge in [0.25, 0.3) is 0 Å². The predicted octanol–water partition coefficient (Wildman–Crippen LogP) is 1.10. The second kappa shape index (κ2) is 3.49. The Morgan fingerprint density at radius 3 is 2.60 bits per heavy atom. The summed E-state index contributed by atoms with van der Waals surface area (Å²) in [7, 11) is 0. The van der Waals surface area contributed by atoms with E-state index in [1.807, 2.05) is 0 Å². The highest BCUT2D eigenvalue weighted by atomic mass is 19.1. The van der Waals surface area contributed by atoms with Gasteiger partial charge in [0.1, 0.15) is 18.5 Å². The van der Waals surface area contributed by atoms with Crippen molar-refractivity contribution in [1.29, 1.82) is 0 Å². The number of hydrogen-bond acceptors (Lipinski definition) is 3. The average Bonchev–Trinajstić information content (AvgIpc) is 2.70. The number of rotatable bonds is 2. The molecule has 0 aliphatic carbocycles. The van der Waals surface area contributed by atoms with E-state index >= 15 is 0 Å². The first-order valence-electron chi connectivity index (χ1n) is 4.07. The number of nitrogens with zero attached hydrogens (tertiary/aromatic N) is 3. The molecule has 0 spiro atoms. The molecule has 0 saturated carbocycles. The van der Waals surface area contributed by atoms with Gasteiger partial charge < -0.3 is 5.11 Å². The summed E-state index contributed by atoms with van der Waals surface area (Å²) in [5.41, 5.74) is -0.190. The van der Waals surface area contributed by atoms with Crippen molar-refractivity contribution in [3.05, 3.63) is 42.2 Å². The Bertz CT molecular complexity index is 496. The fraction of sp³-hybridized carbons (Fsp3) is 0. The number of aromatic carboxylic acids is 1. The average molecular weight is 207 g/mol. The topological polar surface area (TPSA) is 68.0 Å². The monoisotopic (exact) mass is 207 g/mol. The van der Waals surface area contributed by atoms with Gasteiger partial charge in [-0.15, -0.1) is 10.2 Å². The number of aromatic nitrogens is 3. The minimum absolute atomic E-state index is 0.0602. The molecule has 2 rings (SSSR count). The molecule has 0 atom stereocenters. The van der Waals surface area contributed by atoms with Crippen LogP contribution in [0.5, 0.6) is 0 Å². The fourth-order valence-corrected chi connectivity index (χ4v) is 1.27. The van der Waals surface area contributed by atoms with E-state index in [2.05, 4.69) is 10.2 Å². The normalized spacial score (nSPS) is 10.2. The number of carboxylic acid groups (broad SMARTS) is 1. The van der Waals surface area contributed by atoms with Crippen molar-refractivity contribution >= 4 is 5.97 Å². The molecule has 0 bridgehead atoms. The van der Waals surface area contributed by atoms with Gasteiger partial charge in [0.2, 0.25) is 0 Å². The molecule has 2 aromatic rings. The minimum atomic E-state index is -1.20. The predicted molar refractivity (Wildman–Crippen MR) is 48.3 cm³/mol. The molecule has 1 aromatic carbocycles. The number of para-hydroxylation sites is 1. The van der Waals surface area contributed by atoms with Crippen LogP contribution in [-0.2, 0) is 0 Å². The Labute approximate surface area is 83.8 Å². The number of halogens is 1. The van der Waals surface area contributed by atoms with Gasteiger partial charge in [-0.25, -0.2) is 9.18 Å². The molecular formula is C9H6FN3O2. The molecule has 0 aliphatic rings. The van der Waals surface area contributed by atoms with Gasteiger partial charge in [-0.05, 0) is 12.1 Å². The molecule has 76 valence electrons. The summed E-state index contributed by atoms with van der Waals surface area (Å²) in [6, 6.07) is 3.84. The van der Waals surface area contributed by atoms with Crippen molar-refractivity contribution in [3.63, 3.8) is 0 Å². The first-order chi connectivity index (χ1) is 7.20. The second-order valence-electron chi connectivity index (χ2n) is 2.81. The quantitative estimate of drug-likeness (QED) is 0.800. The summed E-state index contributed by atoms with van der Waals surface area (Å²) in [6.45, 7) is 0. The smallest absolute Gasteiger partial charge is 0.337 e. The Kier molecular flexibility index (Phi) is 2.17. The number of benzene rings is 1. The van der Waals surface area contributed by atoms with E-state index in [4.69, 9.17) is 5.11 Å². The molecule has 1 heterocycles. The van der Waals surface area contributed by atoms with Crippen molar-refractivity contribution in [1.82, 2.24) is 14.8 Å². The van der Waals surface area contributed by atoms with E-state index in [1.54, 1.807) is 0 Å². The van der Waals surface area contributed by atoms with Crippen molar-refractivity contribution in [3.8, 4) is 5.69 Å². The molecule has 0 fully saturated rings. The lowest BCUT2D eigenvalue weighted by Crippen LogP contribution is -2.06. The summed E-state index contributed by atoms with van der Waals surface area (Å²) < 4.78 is 14.7. The van der Waals surface area contributed by atoms with Gasteiger partial charge in [-0.2, -0.15) is 0 Å². The molecule has 0 aliphatic heterocycles. The zero-order chi connectivity index (χ0) is 10.8. The molecule has 1 aromatic heterocycles. The van der Waals surface area contributed by atoms with Crippen molar-refractivity contribution in [2.45, 2.75) is 0 Å². The van der Waals surface area contributed by atoms with Gasteiger partial charge >= 0.3 is 5.97 Å². The van der Waals surface area contributed by atoms with E-state index in [-0.39, 0.29) is 11.3 Å². The number of carbonyl (C=O) groups is 1. The Morgan fingerprint density at radius 1 is 1.33 bits per heavy atom. The lowest BCUT2D eigenvalue weighted by Gasteiger charge is -2.06. The first-order valence-corrected chi connectivity index (χ1v) is 4.07. The molecule has 0 saturated heterocycles. The highest BCUT2D eigenvalue weighted by molar-refractivity contribution is 5.92. The molecular weight excluding hydrogens is 201 g/mol. The molecule has 5 nitrogen and oxygen atoms in total. The first kappa shape index (κ1) is 9.32. The standard InChI is InChI=1S/C9H6FN3O2/c10-7-3-1-2-6(9(14)15)8(7)13-4-11-12-5-13/h1-5H,(H,14,15). The Balaban J connectivity index is 2.68. The minimum Gasteiger partial charge on any atom is -0.478 e. The van der Waals surface area contributed by atoms with E-state index in [9.17, 15) is 9.18 Å².